The summed E-state index contributed by atoms with van der Waals surface area (Å²) in [5.74, 6) is 0. The van der Waals surface area contributed by atoms with Gasteiger partial charge in [0.1, 0.15) is 9.79 Å². The molecule has 0 bridgehead atoms. The molecule has 2 aromatic heterocycles. The van der Waals surface area contributed by atoms with Gasteiger partial charge in [-0.2, -0.15) is 16.8 Å². The maximum atomic E-state index is 12.7. The average Bonchev–Trinajstić information content (AvgIpc) is 3.38. The van der Waals surface area contributed by atoms with Crippen LogP contribution in [0, 0.1) is 0 Å². The van der Waals surface area contributed by atoms with Gasteiger partial charge in [0.2, 0.25) is 0 Å². The number of hydrogen-bond acceptors (Lipinski definition) is 6. The Morgan fingerprint density at radius 1 is 0.556 bits per heavy atom. The summed E-state index contributed by atoms with van der Waals surface area (Å²) in [4.78, 5) is -0.567. The standard InChI is InChI=1S/C24H14O6S4.2Na/c25-33(26,27)23-17-11-9-14-6-2-4-8-16(14)20(17)32-21(23)22-24(34(28,29)30)19-15-7-3-1-5-13(15)10-12-18(19)31-22;;/h1-12H,(H,25,26,27)(H,28,29,30);;. The average molecular weight is 573 g/mol. The molecular weight excluding hydrogens is 559 g/mol. The van der Waals surface area contributed by atoms with Crippen LogP contribution in [0.15, 0.2) is 82.6 Å². The molecule has 0 unspecified atom stereocenters. The molecule has 0 atom stereocenters. The van der Waals surface area contributed by atoms with Crippen molar-refractivity contribution in [2.75, 3.05) is 0 Å². The maximum Gasteiger partial charge on any atom is 0.296 e. The normalized spacial score (nSPS) is 12.2. The van der Waals surface area contributed by atoms with Gasteiger partial charge >= 0.3 is 0 Å². The molecule has 0 amide bonds. The molecular formula is C24H14Na2O6S4. The Labute approximate surface area is 259 Å². The van der Waals surface area contributed by atoms with Crippen LogP contribution in [-0.4, -0.2) is 85.1 Å². The summed E-state index contributed by atoms with van der Waals surface area (Å²) in [6.07, 6.45) is 0. The Morgan fingerprint density at radius 2 is 1.08 bits per heavy atom. The van der Waals surface area contributed by atoms with Crippen molar-refractivity contribution in [1.82, 2.24) is 0 Å². The van der Waals surface area contributed by atoms with Crippen LogP contribution >= 0.6 is 22.7 Å². The SMILES string of the molecule is O=S(=O)(O)c1c(-c2sc3ccc4ccccc4c3c2S(=O)(=O)O)sc2c1ccc1ccccc12.[Na].[Na]. The van der Waals surface area contributed by atoms with E-state index in [-0.39, 0.29) is 78.7 Å². The van der Waals surface area contributed by atoms with Crippen molar-refractivity contribution in [3.63, 3.8) is 0 Å². The summed E-state index contributed by atoms with van der Waals surface area (Å²) in [5.41, 5.74) is 0. The van der Waals surface area contributed by atoms with Crippen LogP contribution in [0.3, 0.4) is 0 Å². The van der Waals surface area contributed by atoms with Gasteiger partial charge in [0.25, 0.3) is 20.2 Å². The van der Waals surface area contributed by atoms with Crippen molar-refractivity contribution in [1.29, 1.82) is 0 Å². The fraction of sp³-hybridized carbons (Fsp3) is 0. The summed E-state index contributed by atoms with van der Waals surface area (Å²) < 4.78 is 72.2. The molecule has 0 aliphatic carbocycles. The largest absolute Gasteiger partial charge is 0.296 e. The van der Waals surface area contributed by atoms with E-state index < -0.39 is 20.2 Å². The second-order valence-corrected chi connectivity index (χ2v) is 12.6. The smallest absolute Gasteiger partial charge is 0.282 e. The molecule has 0 saturated heterocycles. The van der Waals surface area contributed by atoms with E-state index in [1.54, 1.807) is 30.3 Å². The minimum absolute atomic E-state index is 0. The molecule has 6 nitrogen and oxygen atoms in total. The third-order valence-electron chi connectivity index (χ3n) is 5.79. The molecule has 4 aromatic carbocycles. The molecule has 6 rings (SSSR count). The van der Waals surface area contributed by atoms with E-state index >= 15 is 0 Å². The molecule has 172 valence electrons. The van der Waals surface area contributed by atoms with Crippen LogP contribution in [-0.2, 0) is 20.2 Å². The molecule has 2 radical (unpaired) electrons. The second kappa shape index (κ2) is 10.0. The van der Waals surface area contributed by atoms with Crippen LogP contribution in [0.25, 0.3) is 51.5 Å². The molecule has 0 saturated carbocycles. The summed E-state index contributed by atoms with van der Waals surface area (Å²) in [6, 6.07) is 21.5. The fourth-order valence-corrected chi connectivity index (χ4v) is 9.67. The molecule has 6 aromatic rings. The van der Waals surface area contributed by atoms with Gasteiger partial charge in [0, 0.05) is 79.3 Å². The van der Waals surface area contributed by atoms with Gasteiger partial charge in [0.15, 0.2) is 0 Å². The molecule has 0 aliphatic heterocycles. The Kier molecular flexibility index (Phi) is 7.84. The monoisotopic (exact) mass is 572 g/mol. The zero-order valence-corrected chi connectivity index (χ0v) is 26.4. The van der Waals surface area contributed by atoms with Crippen LogP contribution in [0.5, 0.6) is 0 Å². The van der Waals surface area contributed by atoms with Crippen molar-refractivity contribution < 1.29 is 25.9 Å². The van der Waals surface area contributed by atoms with Crippen LogP contribution in [0.1, 0.15) is 0 Å². The van der Waals surface area contributed by atoms with E-state index in [9.17, 15) is 25.9 Å². The number of fused-ring (bicyclic) bond motifs is 6. The van der Waals surface area contributed by atoms with Gasteiger partial charge < -0.3 is 0 Å². The number of rotatable bonds is 3. The molecule has 2 heterocycles. The Hall–Kier alpha value is -0.860. The van der Waals surface area contributed by atoms with E-state index in [4.69, 9.17) is 0 Å². The number of thiophene rings is 2. The van der Waals surface area contributed by atoms with E-state index in [0.29, 0.717) is 25.6 Å². The first-order chi connectivity index (χ1) is 16.1. The Bertz CT molecular complexity index is 2030. The fourth-order valence-electron chi connectivity index (χ4n) is 4.44. The first kappa shape index (κ1) is 28.2. The van der Waals surface area contributed by atoms with E-state index in [1.807, 2.05) is 42.5 Å². The minimum atomic E-state index is -4.76. The quantitative estimate of drug-likeness (QED) is 0.204. The first-order valence-corrected chi connectivity index (χ1v) is 14.5. The van der Waals surface area contributed by atoms with Crippen LogP contribution in [0.4, 0.5) is 0 Å². The second-order valence-electron chi connectivity index (χ2n) is 7.79. The zero-order chi connectivity index (χ0) is 23.8. The number of hydrogen-bond donors (Lipinski definition) is 2. The Morgan fingerprint density at radius 3 is 1.72 bits per heavy atom. The summed E-state index contributed by atoms with van der Waals surface area (Å²) in [5, 5.41) is 3.67. The maximum absolute atomic E-state index is 12.7. The predicted molar refractivity (Wildman–Crippen MR) is 149 cm³/mol. The zero-order valence-electron chi connectivity index (χ0n) is 19.1. The third-order valence-corrected chi connectivity index (χ3v) is 10.5. The molecule has 0 aliphatic rings. The topological polar surface area (TPSA) is 109 Å². The molecule has 12 heteroatoms. The van der Waals surface area contributed by atoms with Crippen LogP contribution < -0.4 is 0 Å². The Balaban J connectivity index is 0.00000152. The van der Waals surface area contributed by atoms with Gasteiger partial charge in [-0.05, 0) is 27.6 Å². The number of benzene rings is 4. The van der Waals surface area contributed by atoms with Crippen LogP contribution in [0.2, 0.25) is 0 Å². The van der Waals surface area contributed by atoms with Gasteiger partial charge in [-0.15, -0.1) is 22.7 Å². The molecule has 36 heavy (non-hydrogen) atoms. The summed E-state index contributed by atoms with van der Waals surface area (Å²) in [6.45, 7) is 0. The summed E-state index contributed by atoms with van der Waals surface area (Å²) in [7, 11) is -9.49. The van der Waals surface area contributed by atoms with Gasteiger partial charge in [-0.25, -0.2) is 0 Å². The van der Waals surface area contributed by atoms with E-state index in [2.05, 4.69) is 0 Å². The van der Waals surface area contributed by atoms with E-state index in [1.165, 1.54) is 0 Å². The van der Waals surface area contributed by atoms with Crippen molar-refractivity contribution >= 4 is 144 Å². The van der Waals surface area contributed by atoms with Gasteiger partial charge in [-0.3, -0.25) is 9.11 Å². The van der Waals surface area contributed by atoms with Crippen molar-refractivity contribution in [3.8, 4) is 9.75 Å². The predicted octanol–water partition coefficient (Wildman–Crippen LogP) is 5.82. The molecule has 0 fully saturated rings. The van der Waals surface area contributed by atoms with Gasteiger partial charge in [-0.1, -0.05) is 66.7 Å². The molecule has 0 spiro atoms. The van der Waals surface area contributed by atoms with E-state index in [0.717, 1.165) is 38.8 Å². The third kappa shape index (κ3) is 4.51. The minimum Gasteiger partial charge on any atom is -0.282 e. The van der Waals surface area contributed by atoms with Crippen molar-refractivity contribution in [2.24, 2.45) is 0 Å². The summed E-state index contributed by atoms with van der Waals surface area (Å²) >= 11 is 2.15. The van der Waals surface area contributed by atoms with Gasteiger partial charge in [0.05, 0.1) is 9.75 Å². The molecule has 2 N–H and O–H groups in total. The van der Waals surface area contributed by atoms with Crippen molar-refractivity contribution in [3.05, 3.63) is 72.8 Å². The first-order valence-electron chi connectivity index (χ1n) is 9.98. The van der Waals surface area contributed by atoms with Crippen molar-refractivity contribution in [2.45, 2.75) is 9.79 Å².